The summed E-state index contributed by atoms with van der Waals surface area (Å²) in [5, 5.41) is 5.22. The maximum Gasteiger partial charge on any atom is 0.0547 e. The van der Waals surface area contributed by atoms with E-state index in [1.807, 2.05) is 0 Å². The van der Waals surface area contributed by atoms with Crippen LogP contribution in [0, 0.1) is 0 Å². The molecule has 0 unspecified atom stereocenters. The van der Waals surface area contributed by atoms with E-state index >= 15 is 0 Å². The van der Waals surface area contributed by atoms with Crippen molar-refractivity contribution >= 4 is 49.6 Å². The van der Waals surface area contributed by atoms with Crippen LogP contribution in [0.25, 0.3) is 82.8 Å². The van der Waals surface area contributed by atoms with E-state index < -0.39 is 0 Å². The molecule has 0 amide bonds. The first-order chi connectivity index (χ1) is 30.0. The minimum Gasteiger partial charge on any atom is -0.310 e. The van der Waals surface area contributed by atoms with Gasteiger partial charge in [-0.2, -0.15) is 0 Å². The van der Waals surface area contributed by atoms with Crippen LogP contribution in [-0.4, -0.2) is 4.57 Å². The van der Waals surface area contributed by atoms with E-state index in [2.05, 4.69) is 242 Å². The van der Waals surface area contributed by atoms with Crippen molar-refractivity contribution in [1.82, 2.24) is 4.57 Å². The molecule has 10 aromatic carbocycles. The predicted molar refractivity (Wildman–Crippen MR) is 258 cm³/mol. The first-order valence-electron chi connectivity index (χ1n) is 21.3. The van der Waals surface area contributed by atoms with Crippen molar-refractivity contribution in [3.63, 3.8) is 0 Å². The summed E-state index contributed by atoms with van der Waals surface area (Å²) in [5.41, 5.74) is 19.5. The lowest BCUT2D eigenvalue weighted by Gasteiger charge is -2.28. The highest BCUT2D eigenvalue weighted by molar-refractivity contribution is 6.26. The quantitative estimate of drug-likeness (QED) is 0.146. The third kappa shape index (κ3) is 5.56. The number of aromatic nitrogens is 1. The van der Waals surface area contributed by atoms with Crippen LogP contribution >= 0.6 is 0 Å². The van der Waals surface area contributed by atoms with Gasteiger partial charge in [0.25, 0.3) is 0 Å². The smallest absolute Gasteiger partial charge is 0.0547 e. The number of para-hydroxylation sites is 1. The summed E-state index contributed by atoms with van der Waals surface area (Å²) in [7, 11) is 0. The van der Waals surface area contributed by atoms with Crippen molar-refractivity contribution < 1.29 is 0 Å². The molecule has 1 aliphatic carbocycles. The molecular weight excluding hydrogens is 737 g/mol. The summed E-state index contributed by atoms with van der Waals surface area (Å²) < 4.78 is 2.42. The van der Waals surface area contributed by atoms with Gasteiger partial charge in [0, 0.05) is 38.9 Å². The van der Waals surface area contributed by atoms with Crippen molar-refractivity contribution in [3.05, 3.63) is 230 Å². The number of rotatable bonds is 7. The minimum absolute atomic E-state index is 0.218. The second-order valence-electron chi connectivity index (χ2n) is 16.9. The zero-order valence-electron chi connectivity index (χ0n) is 34.2. The van der Waals surface area contributed by atoms with E-state index in [4.69, 9.17) is 0 Å². The summed E-state index contributed by atoms with van der Waals surface area (Å²) in [6.45, 7) is 4.79. The van der Waals surface area contributed by atoms with Gasteiger partial charge in [0.15, 0.2) is 0 Å². The second-order valence-corrected chi connectivity index (χ2v) is 16.9. The number of anilines is 3. The Bertz CT molecular complexity index is 3310. The van der Waals surface area contributed by atoms with Gasteiger partial charge in [-0.1, -0.05) is 166 Å². The van der Waals surface area contributed by atoms with E-state index in [1.165, 1.54) is 93.9 Å². The Morgan fingerprint density at radius 2 is 0.869 bits per heavy atom. The lowest BCUT2D eigenvalue weighted by atomic mass is 9.81. The lowest BCUT2D eigenvalue weighted by Crippen LogP contribution is -2.16. The SMILES string of the molecule is CC1(C)c2cc(-c3ccc4c5c3ccc3cccc(c35)n4-c3ccccc3)ccc2-c2ccc(N(c3ccc(-c4ccccc4)cc3)c3ccc(-c4ccccc4)cc3)cc21. The molecule has 0 atom stereocenters. The Kier molecular flexibility index (Phi) is 7.92. The number of nitrogens with zero attached hydrogens (tertiary/aromatic N) is 2. The monoisotopic (exact) mass is 778 g/mol. The van der Waals surface area contributed by atoms with E-state index in [1.54, 1.807) is 0 Å². The van der Waals surface area contributed by atoms with Crippen molar-refractivity contribution in [2.75, 3.05) is 4.90 Å². The molecule has 2 heteroatoms. The van der Waals surface area contributed by atoms with Gasteiger partial charge in [-0.05, 0) is 133 Å². The molecule has 0 saturated heterocycles. The third-order valence-electron chi connectivity index (χ3n) is 13.2. The van der Waals surface area contributed by atoms with Crippen LogP contribution in [0.4, 0.5) is 17.1 Å². The zero-order valence-corrected chi connectivity index (χ0v) is 34.2. The molecule has 0 N–H and O–H groups in total. The molecule has 1 heterocycles. The number of hydrogen-bond donors (Lipinski definition) is 0. The fourth-order valence-corrected chi connectivity index (χ4v) is 10.1. The van der Waals surface area contributed by atoms with Gasteiger partial charge in [0.05, 0.1) is 11.0 Å². The molecule has 2 nitrogen and oxygen atoms in total. The molecule has 0 bridgehead atoms. The Balaban J connectivity index is 0.956. The maximum atomic E-state index is 2.47. The first-order valence-corrected chi connectivity index (χ1v) is 21.3. The average Bonchev–Trinajstić information content (AvgIpc) is 3.78. The number of benzene rings is 10. The van der Waals surface area contributed by atoms with Crippen LogP contribution in [0.3, 0.4) is 0 Å². The Morgan fingerprint density at radius 1 is 0.361 bits per heavy atom. The van der Waals surface area contributed by atoms with Crippen LogP contribution in [-0.2, 0) is 5.41 Å². The van der Waals surface area contributed by atoms with Gasteiger partial charge in [-0.3, -0.25) is 0 Å². The standard InChI is InChI=1S/C59H42N2/c1-59(2)53-37-44(49-35-36-56-58-52(49)33-25-43-17-12-20-55(57(43)58)61(56)45-18-10-5-11-19-45)26-32-50(53)51-34-31-48(38-54(51)59)60(46-27-21-41(22-28-46)39-13-6-3-7-14-39)47-29-23-42(24-30-47)40-15-8-4-9-16-40/h3-38H,1-2H3. The van der Waals surface area contributed by atoms with Crippen LogP contribution < -0.4 is 4.90 Å². The molecule has 0 spiro atoms. The largest absolute Gasteiger partial charge is 0.310 e. The van der Waals surface area contributed by atoms with Crippen LogP contribution in [0.2, 0.25) is 0 Å². The normalized spacial score (nSPS) is 12.9. The van der Waals surface area contributed by atoms with Gasteiger partial charge in [0.1, 0.15) is 0 Å². The molecule has 12 rings (SSSR count). The highest BCUT2D eigenvalue weighted by atomic mass is 15.1. The number of hydrogen-bond acceptors (Lipinski definition) is 1. The minimum atomic E-state index is -0.218. The molecule has 0 fully saturated rings. The Labute approximate surface area is 356 Å². The maximum absolute atomic E-state index is 2.47. The molecular formula is C59H42N2. The second kappa shape index (κ2) is 13.7. The highest BCUT2D eigenvalue weighted by Gasteiger charge is 2.36. The van der Waals surface area contributed by atoms with E-state index in [0.717, 1.165) is 17.1 Å². The summed E-state index contributed by atoms with van der Waals surface area (Å²) in [4.78, 5) is 2.40. The van der Waals surface area contributed by atoms with Crippen LogP contribution in [0.15, 0.2) is 218 Å². The zero-order chi connectivity index (χ0) is 40.7. The van der Waals surface area contributed by atoms with Gasteiger partial charge >= 0.3 is 0 Å². The van der Waals surface area contributed by atoms with Gasteiger partial charge in [-0.25, -0.2) is 0 Å². The molecule has 0 aliphatic heterocycles. The third-order valence-corrected chi connectivity index (χ3v) is 13.2. The molecule has 1 aromatic heterocycles. The van der Waals surface area contributed by atoms with Crippen molar-refractivity contribution in [3.8, 4) is 50.2 Å². The van der Waals surface area contributed by atoms with Crippen LogP contribution in [0.1, 0.15) is 25.0 Å². The average molecular weight is 779 g/mol. The van der Waals surface area contributed by atoms with Crippen molar-refractivity contribution in [2.45, 2.75) is 19.3 Å². The molecule has 61 heavy (non-hydrogen) atoms. The topological polar surface area (TPSA) is 8.17 Å². The predicted octanol–water partition coefficient (Wildman–Crippen LogP) is 16.2. The summed E-state index contributed by atoms with van der Waals surface area (Å²) in [6.07, 6.45) is 0. The molecule has 0 radical (unpaired) electrons. The summed E-state index contributed by atoms with van der Waals surface area (Å²) in [6, 6.07) is 80.2. The first kappa shape index (κ1) is 35.3. The summed E-state index contributed by atoms with van der Waals surface area (Å²) >= 11 is 0. The van der Waals surface area contributed by atoms with Gasteiger partial charge in [-0.15, -0.1) is 0 Å². The summed E-state index contributed by atoms with van der Waals surface area (Å²) in [5.74, 6) is 0. The Hall–Kier alpha value is -7.68. The molecule has 288 valence electrons. The van der Waals surface area contributed by atoms with E-state index in [9.17, 15) is 0 Å². The van der Waals surface area contributed by atoms with Crippen LogP contribution in [0.5, 0.6) is 0 Å². The Morgan fingerprint density at radius 3 is 1.51 bits per heavy atom. The molecule has 0 saturated carbocycles. The van der Waals surface area contributed by atoms with Gasteiger partial charge in [0.2, 0.25) is 0 Å². The lowest BCUT2D eigenvalue weighted by molar-refractivity contribution is 0.660. The van der Waals surface area contributed by atoms with Crippen molar-refractivity contribution in [1.29, 1.82) is 0 Å². The molecule has 11 aromatic rings. The highest BCUT2D eigenvalue weighted by Crippen LogP contribution is 2.52. The fourth-order valence-electron chi connectivity index (χ4n) is 10.1. The molecule has 1 aliphatic rings. The van der Waals surface area contributed by atoms with Crippen molar-refractivity contribution in [2.24, 2.45) is 0 Å². The van der Waals surface area contributed by atoms with E-state index in [0.29, 0.717) is 0 Å². The fraction of sp³-hybridized carbons (Fsp3) is 0.0508. The van der Waals surface area contributed by atoms with E-state index in [-0.39, 0.29) is 5.41 Å². The number of fused-ring (bicyclic) bond motifs is 3. The van der Waals surface area contributed by atoms with Gasteiger partial charge < -0.3 is 9.47 Å².